The molecule has 1 N–H and O–H groups in total. The number of benzene rings is 2. The Morgan fingerprint density at radius 3 is 2.09 bits per heavy atom. The van der Waals surface area contributed by atoms with Crippen LogP contribution in [0.3, 0.4) is 0 Å². The SMILES string of the molecule is CCC(CC(C)NCc1ccccc1)OCc1ccccc1. The summed E-state index contributed by atoms with van der Waals surface area (Å²) in [4.78, 5) is 0. The molecule has 0 aliphatic heterocycles. The molecular weight excluding hydrogens is 270 g/mol. The highest BCUT2D eigenvalue weighted by atomic mass is 16.5. The van der Waals surface area contributed by atoms with Crippen LogP contribution in [0.5, 0.6) is 0 Å². The van der Waals surface area contributed by atoms with Crippen LogP contribution < -0.4 is 5.32 Å². The minimum absolute atomic E-state index is 0.304. The number of hydrogen-bond acceptors (Lipinski definition) is 2. The van der Waals surface area contributed by atoms with E-state index in [4.69, 9.17) is 4.74 Å². The van der Waals surface area contributed by atoms with Crippen molar-refractivity contribution in [2.24, 2.45) is 0 Å². The molecule has 2 aromatic rings. The summed E-state index contributed by atoms with van der Waals surface area (Å²) < 4.78 is 6.06. The zero-order valence-electron chi connectivity index (χ0n) is 13.7. The molecule has 0 bridgehead atoms. The number of nitrogens with one attached hydrogen (secondary N) is 1. The Morgan fingerprint density at radius 1 is 0.909 bits per heavy atom. The fourth-order valence-electron chi connectivity index (χ4n) is 2.51. The standard InChI is InChI=1S/C20H27NO/c1-3-20(22-16-19-12-8-5-9-13-19)14-17(2)21-15-18-10-6-4-7-11-18/h4-13,17,20-21H,3,14-16H2,1-2H3. The second-order valence-corrected chi connectivity index (χ2v) is 5.83. The summed E-state index contributed by atoms with van der Waals surface area (Å²) in [7, 11) is 0. The van der Waals surface area contributed by atoms with E-state index in [-0.39, 0.29) is 0 Å². The van der Waals surface area contributed by atoms with Gasteiger partial charge in [0.15, 0.2) is 0 Å². The second-order valence-electron chi connectivity index (χ2n) is 5.83. The Balaban J connectivity index is 1.72. The van der Waals surface area contributed by atoms with Gasteiger partial charge in [-0.05, 0) is 30.9 Å². The first-order chi connectivity index (χ1) is 10.8. The molecule has 2 rings (SSSR count). The largest absolute Gasteiger partial charge is 0.373 e. The van der Waals surface area contributed by atoms with Crippen molar-refractivity contribution < 1.29 is 4.74 Å². The zero-order chi connectivity index (χ0) is 15.6. The van der Waals surface area contributed by atoms with Crippen LogP contribution in [0.4, 0.5) is 0 Å². The van der Waals surface area contributed by atoms with Gasteiger partial charge in [-0.25, -0.2) is 0 Å². The van der Waals surface area contributed by atoms with Gasteiger partial charge < -0.3 is 10.1 Å². The second kappa shape index (κ2) is 9.39. The van der Waals surface area contributed by atoms with E-state index >= 15 is 0 Å². The summed E-state index contributed by atoms with van der Waals surface area (Å²) in [5, 5.41) is 3.58. The molecule has 0 heterocycles. The van der Waals surface area contributed by atoms with Gasteiger partial charge in [0.05, 0.1) is 12.7 Å². The van der Waals surface area contributed by atoms with E-state index in [1.54, 1.807) is 0 Å². The molecule has 0 aliphatic rings. The minimum atomic E-state index is 0.304. The van der Waals surface area contributed by atoms with Gasteiger partial charge in [0.1, 0.15) is 0 Å². The van der Waals surface area contributed by atoms with Gasteiger partial charge in [-0.15, -0.1) is 0 Å². The lowest BCUT2D eigenvalue weighted by atomic mass is 10.1. The Bertz CT molecular complexity index is 512. The average Bonchev–Trinajstić information content (AvgIpc) is 2.58. The van der Waals surface area contributed by atoms with Gasteiger partial charge in [-0.1, -0.05) is 67.6 Å². The van der Waals surface area contributed by atoms with E-state index in [0.717, 1.165) is 19.4 Å². The normalized spacial score (nSPS) is 13.7. The molecule has 118 valence electrons. The fraction of sp³-hybridized carbons (Fsp3) is 0.400. The van der Waals surface area contributed by atoms with E-state index in [9.17, 15) is 0 Å². The van der Waals surface area contributed by atoms with Gasteiger partial charge in [0.25, 0.3) is 0 Å². The van der Waals surface area contributed by atoms with Crippen molar-refractivity contribution in [2.45, 2.75) is 52.0 Å². The fourth-order valence-corrected chi connectivity index (χ4v) is 2.51. The number of rotatable bonds is 9. The molecule has 22 heavy (non-hydrogen) atoms. The van der Waals surface area contributed by atoms with Gasteiger partial charge in [0, 0.05) is 12.6 Å². The molecule has 2 aromatic carbocycles. The van der Waals surface area contributed by atoms with Crippen LogP contribution in [0.1, 0.15) is 37.8 Å². The van der Waals surface area contributed by atoms with Gasteiger partial charge >= 0.3 is 0 Å². The van der Waals surface area contributed by atoms with E-state index in [1.165, 1.54) is 11.1 Å². The van der Waals surface area contributed by atoms with Crippen LogP contribution in [0.2, 0.25) is 0 Å². The average molecular weight is 297 g/mol. The van der Waals surface area contributed by atoms with Crippen LogP contribution in [0.25, 0.3) is 0 Å². The summed E-state index contributed by atoms with van der Waals surface area (Å²) in [6, 6.07) is 21.4. The van der Waals surface area contributed by atoms with E-state index < -0.39 is 0 Å². The first-order valence-electron chi connectivity index (χ1n) is 8.20. The molecule has 0 aliphatic carbocycles. The van der Waals surface area contributed by atoms with Crippen molar-refractivity contribution >= 4 is 0 Å². The Morgan fingerprint density at radius 2 is 1.50 bits per heavy atom. The van der Waals surface area contributed by atoms with E-state index in [2.05, 4.69) is 73.8 Å². The molecule has 2 atom stereocenters. The molecule has 0 spiro atoms. The summed E-state index contributed by atoms with van der Waals surface area (Å²) in [6.45, 7) is 6.04. The molecule has 0 amide bonds. The lowest BCUT2D eigenvalue weighted by molar-refractivity contribution is 0.0269. The zero-order valence-corrected chi connectivity index (χ0v) is 13.7. The van der Waals surface area contributed by atoms with Gasteiger partial charge in [0.2, 0.25) is 0 Å². The van der Waals surface area contributed by atoms with Crippen LogP contribution >= 0.6 is 0 Å². The van der Waals surface area contributed by atoms with Crippen LogP contribution in [0, 0.1) is 0 Å². The van der Waals surface area contributed by atoms with Crippen molar-refractivity contribution in [3.63, 3.8) is 0 Å². The first kappa shape index (κ1) is 16.7. The molecule has 0 fully saturated rings. The van der Waals surface area contributed by atoms with Crippen molar-refractivity contribution in [3.8, 4) is 0 Å². The molecular formula is C20H27NO. The maximum Gasteiger partial charge on any atom is 0.0720 e. The number of hydrogen-bond donors (Lipinski definition) is 1. The quantitative estimate of drug-likeness (QED) is 0.733. The Hall–Kier alpha value is -1.64. The molecule has 2 heteroatoms. The third-order valence-corrected chi connectivity index (χ3v) is 3.90. The monoisotopic (exact) mass is 297 g/mol. The third kappa shape index (κ3) is 6.00. The van der Waals surface area contributed by atoms with E-state index in [0.29, 0.717) is 18.8 Å². The lowest BCUT2D eigenvalue weighted by Gasteiger charge is -2.21. The molecule has 2 nitrogen and oxygen atoms in total. The summed E-state index contributed by atoms with van der Waals surface area (Å²) >= 11 is 0. The minimum Gasteiger partial charge on any atom is -0.373 e. The highest BCUT2D eigenvalue weighted by Crippen LogP contribution is 2.11. The van der Waals surface area contributed by atoms with Gasteiger partial charge in [-0.3, -0.25) is 0 Å². The predicted octanol–water partition coefficient (Wildman–Crippen LogP) is 4.55. The lowest BCUT2D eigenvalue weighted by Crippen LogP contribution is -2.30. The van der Waals surface area contributed by atoms with Crippen molar-refractivity contribution in [1.29, 1.82) is 0 Å². The third-order valence-electron chi connectivity index (χ3n) is 3.90. The molecule has 0 aromatic heterocycles. The summed E-state index contributed by atoms with van der Waals surface area (Å²) in [5.41, 5.74) is 2.57. The topological polar surface area (TPSA) is 21.3 Å². The van der Waals surface area contributed by atoms with Crippen LogP contribution in [-0.2, 0) is 17.9 Å². The summed E-state index contributed by atoms with van der Waals surface area (Å²) in [5.74, 6) is 0. The van der Waals surface area contributed by atoms with Crippen molar-refractivity contribution in [3.05, 3.63) is 71.8 Å². The van der Waals surface area contributed by atoms with E-state index in [1.807, 2.05) is 6.07 Å². The highest BCUT2D eigenvalue weighted by Gasteiger charge is 2.12. The smallest absolute Gasteiger partial charge is 0.0720 e. The summed E-state index contributed by atoms with van der Waals surface area (Å²) in [6.07, 6.45) is 2.39. The molecule has 0 saturated carbocycles. The first-order valence-corrected chi connectivity index (χ1v) is 8.20. The Labute approximate surface area is 134 Å². The van der Waals surface area contributed by atoms with Crippen LogP contribution in [-0.4, -0.2) is 12.1 Å². The predicted molar refractivity (Wildman–Crippen MR) is 92.7 cm³/mol. The van der Waals surface area contributed by atoms with Crippen molar-refractivity contribution in [1.82, 2.24) is 5.32 Å². The molecule has 2 unspecified atom stereocenters. The Kier molecular flexibility index (Phi) is 7.14. The molecule has 0 saturated heterocycles. The van der Waals surface area contributed by atoms with Crippen LogP contribution in [0.15, 0.2) is 60.7 Å². The maximum absolute atomic E-state index is 6.06. The maximum atomic E-state index is 6.06. The van der Waals surface area contributed by atoms with Crippen molar-refractivity contribution in [2.75, 3.05) is 0 Å². The van der Waals surface area contributed by atoms with Gasteiger partial charge in [-0.2, -0.15) is 0 Å². The highest BCUT2D eigenvalue weighted by molar-refractivity contribution is 5.14. The molecule has 0 radical (unpaired) electrons. The number of ether oxygens (including phenoxy) is 1.